The van der Waals surface area contributed by atoms with Gasteiger partial charge in [-0.05, 0) is 34.1 Å². The van der Waals surface area contributed by atoms with Crippen molar-refractivity contribution in [2.45, 2.75) is 52.4 Å². The molecule has 0 amide bonds. The molecule has 1 nitrogen and oxygen atoms in total. The highest BCUT2D eigenvalue weighted by Crippen LogP contribution is 2.32. The lowest BCUT2D eigenvalue weighted by Crippen LogP contribution is -2.19. The molecule has 0 saturated heterocycles. The number of benzene rings is 2. The minimum absolute atomic E-state index is 0.0967. The monoisotopic (exact) mass is 314 g/mol. The van der Waals surface area contributed by atoms with E-state index in [1.54, 1.807) is 0 Å². The van der Waals surface area contributed by atoms with Gasteiger partial charge >= 0.3 is 0 Å². The Bertz CT molecular complexity index is 590. The third-order valence-corrected chi connectivity index (χ3v) is 5.45. The van der Waals surface area contributed by atoms with Gasteiger partial charge in [-0.1, -0.05) is 77.9 Å². The molecule has 0 heterocycles. The van der Waals surface area contributed by atoms with Gasteiger partial charge in [0.1, 0.15) is 0 Å². The van der Waals surface area contributed by atoms with Crippen molar-refractivity contribution in [1.82, 2.24) is 0 Å². The predicted octanol–water partition coefficient (Wildman–Crippen LogP) is 4.62. The maximum absolute atomic E-state index is 10.8. The highest BCUT2D eigenvalue weighted by atomic mass is 31.1. The second-order valence-electron chi connectivity index (χ2n) is 7.91. The van der Waals surface area contributed by atoms with Gasteiger partial charge in [-0.3, -0.25) is 0 Å². The van der Waals surface area contributed by atoms with E-state index in [9.17, 15) is 4.89 Å². The lowest BCUT2D eigenvalue weighted by Gasteiger charge is -2.23. The van der Waals surface area contributed by atoms with Crippen LogP contribution in [0.5, 0.6) is 0 Å². The van der Waals surface area contributed by atoms with Gasteiger partial charge in [0.25, 0.3) is 0 Å². The third-order valence-electron chi connectivity index (χ3n) is 3.91. The van der Waals surface area contributed by atoms with Gasteiger partial charge in [-0.15, -0.1) is 0 Å². The smallest absolute Gasteiger partial charge is 0.0877 e. The fraction of sp³-hybridized carbons (Fsp3) is 0.400. The molecule has 0 atom stereocenters. The third kappa shape index (κ3) is 3.97. The fourth-order valence-electron chi connectivity index (χ4n) is 2.36. The Morgan fingerprint density at radius 2 is 1.05 bits per heavy atom. The topological polar surface area (TPSA) is 20.2 Å². The van der Waals surface area contributed by atoms with Crippen LogP contribution in [0.2, 0.25) is 0 Å². The van der Waals surface area contributed by atoms with Crippen LogP contribution in [-0.4, -0.2) is 4.89 Å². The molecule has 0 spiro atoms. The maximum atomic E-state index is 10.8. The molecule has 2 aromatic carbocycles. The second-order valence-corrected chi connectivity index (χ2v) is 9.57. The average Bonchev–Trinajstić information content (AvgIpc) is 2.45. The summed E-state index contributed by atoms with van der Waals surface area (Å²) in [6, 6.07) is 16.7. The molecular formula is C20H27OP. The molecule has 0 aliphatic heterocycles. The molecule has 0 fully saturated rings. The summed E-state index contributed by atoms with van der Waals surface area (Å²) in [5.74, 6) is 0. The van der Waals surface area contributed by atoms with Crippen molar-refractivity contribution in [3.63, 3.8) is 0 Å². The van der Waals surface area contributed by atoms with Crippen molar-refractivity contribution < 1.29 is 4.89 Å². The van der Waals surface area contributed by atoms with Crippen molar-refractivity contribution in [3.8, 4) is 0 Å². The zero-order valence-electron chi connectivity index (χ0n) is 14.5. The normalized spacial score (nSPS) is 12.7. The molecule has 2 rings (SSSR count). The van der Waals surface area contributed by atoms with E-state index in [1.165, 1.54) is 11.1 Å². The number of hydrogen-bond acceptors (Lipinski definition) is 1. The summed E-state index contributed by atoms with van der Waals surface area (Å²) in [5.41, 5.74) is 2.72. The molecule has 118 valence electrons. The molecule has 0 aromatic heterocycles. The van der Waals surface area contributed by atoms with E-state index >= 15 is 0 Å². The minimum atomic E-state index is -1.30. The van der Waals surface area contributed by atoms with Gasteiger partial charge in [0, 0.05) is 10.6 Å². The van der Waals surface area contributed by atoms with Crippen molar-refractivity contribution >= 4 is 18.8 Å². The van der Waals surface area contributed by atoms with Crippen LogP contribution in [0.1, 0.15) is 52.7 Å². The van der Waals surface area contributed by atoms with E-state index < -0.39 is 8.15 Å². The lowest BCUT2D eigenvalue weighted by molar-refractivity contribution is 0.590. The van der Waals surface area contributed by atoms with Crippen LogP contribution < -0.4 is 10.6 Å². The molecule has 0 radical (unpaired) electrons. The summed E-state index contributed by atoms with van der Waals surface area (Å²) < 4.78 is 0. The van der Waals surface area contributed by atoms with Gasteiger partial charge in [-0.25, -0.2) is 0 Å². The molecule has 2 aromatic rings. The van der Waals surface area contributed by atoms with Gasteiger partial charge < -0.3 is 4.89 Å². The molecule has 0 bridgehead atoms. The summed E-state index contributed by atoms with van der Waals surface area (Å²) in [4.78, 5) is 10.8. The Morgan fingerprint density at radius 3 is 1.36 bits per heavy atom. The highest BCUT2D eigenvalue weighted by Gasteiger charge is 2.19. The first-order chi connectivity index (χ1) is 10.1. The molecule has 0 unspecified atom stereocenters. The largest absolute Gasteiger partial charge is 0.364 e. The summed E-state index contributed by atoms with van der Waals surface area (Å²) in [6.45, 7) is 13.2. The zero-order valence-corrected chi connectivity index (χ0v) is 15.4. The fourth-order valence-corrected chi connectivity index (χ4v) is 3.63. The zero-order chi connectivity index (χ0) is 16.5. The lowest BCUT2D eigenvalue weighted by atomic mass is 9.87. The van der Waals surface area contributed by atoms with E-state index in [2.05, 4.69) is 77.9 Å². The minimum Gasteiger partial charge on any atom is -0.364 e. The Morgan fingerprint density at radius 1 is 0.682 bits per heavy atom. The summed E-state index contributed by atoms with van der Waals surface area (Å²) in [5, 5.41) is 2.04. The van der Waals surface area contributed by atoms with Crippen LogP contribution in [-0.2, 0) is 10.8 Å². The van der Waals surface area contributed by atoms with Crippen LogP contribution in [0, 0.1) is 0 Å². The summed E-state index contributed by atoms with van der Waals surface area (Å²) in [6.07, 6.45) is 0. The van der Waals surface area contributed by atoms with E-state index in [-0.39, 0.29) is 10.8 Å². The second kappa shape index (κ2) is 6.14. The van der Waals surface area contributed by atoms with Crippen molar-refractivity contribution in [3.05, 3.63) is 59.7 Å². The maximum Gasteiger partial charge on any atom is 0.0877 e. The SMILES string of the molecule is CC(C)(C)c1cccc(P(O)c2cccc(C(C)(C)C)c2)c1. The summed E-state index contributed by atoms with van der Waals surface area (Å²) >= 11 is 0. The van der Waals surface area contributed by atoms with Crippen molar-refractivity contribution in [2.24, 2.45) is 0 Å². The van der Waals surface area contributed by atoms with Crippen LogP contribution in [0.3, 0.4) is 0 Å². The van der Waals surface area contributed by atoms with Crippen LogP contribution in [0.4, 0.5) is 0 Å². The van der Waals surface area contributed by atoms with Crippen LogP contribution in [0.15, 0.2) is 48.5 Å². The van der Waals surface area contributed by atoms with Gasteiger partial charge in [0.15, 0.2) is 0 Å². The predicted molar refractivity (Wildman–Crippen MR) is 98.7 cm³/mol. The first-order valence-electron chi connectivity index (χ1n) is 7.79. The molecular weight excluding hydrogens is 287 g/mol. The standard InChI is InChI=1S/C20H27OP/c1-19(2,3)15-9-7-11-17(13-15)22(21)18-12-8-10-16(14-18)20(4,5)6/h7-14,21H,1-6H3. The van der Waals surface area contributed by atoms with E-state index in [0.717, 1.165) is 10.6 Å². The average molecular weight is 314 g/mol. The number of hydrogen-bond donors (Lipinski definition) is 1. The molecule has 1 N–H and O–H groups in total. The molecule has 2 heteroatoms. The molecule has 0 aliphatic rings. The first-order valence-corrected chi connectivity index (χ1v) is 9.08. The van der Waals surface area contributed by atoms with Gasteiger partial charge in [0.2, 0.25) is 0 Å². The van der Waals surface area contributed by atoms with E-state index in [1.807, 2.05) is 12.1 Å². The van der Waals surface area contributed by atoms with Crippen LogP contribution >= 0.6 is 8.15 Å². The Hall–Kier alpha value is -1.17. The van der Waals surface area contributed by atoms with Gasteiger partial charge in [0.05, 0.1) is 8.15 Å². The Labute approximate surface area is 136 Å². The van der Waals surface area contributed by atoms with Crippen molar-refractivity contribution in [1.29, 1.82) is 0 Å². The highest BCUT2D eigenvalue weighted by molar-refractivity contribution is 7.67. The quantitative estimate of drug-likeness (QED) is 0.802. The molecule has 22 heavy (non-hydrogen) atoms. The van der Waals surface area contributed by atoms with Gasteiger partial charge in [-0.2, -0.15) is 0 Å². The summed E-state index contributed by atoms with van der Waals surface area (Å²) in [7, 11) is -1.30. The van der Waals surface area contributed by atoms with E-state index in [4.69, 9.17) is 0 Å². The first kappa shape index (κ1) is 17.2. The molecule has 0 saturated carbocycles. The van der Waals surface area contributed by atoms with Crippen molar-refractivity contribution in [2.75, 3.05) is 0 Å². The molecule has 0 aliphatic carbocycles. The van der Waals surface area contributed by atoms with E-state index in [0.29, 0.717) is 0 Å². The van der Waals surface area contributed by atoms with Crippen LogP contribution in [0.25, 0.3) is 0 Å². The Balaban J connectivity index is 2.38. The Kier molecular flexibility index (Phi) is 4.80. The number of rotatable bonds is 2.